The molecule has 4 aromatic rings. The summed E-state index contributed by atoms with van der Waals surface area (Å²) in [5, 5.41) is 12.2. The van der Waals surface area contributed by atoms with Crippen molar-refractivity contribution in [2.75, 3.05) is 7.11 Å². The molecule has 0 saturated carbocycles. The van der Waals surface area contributed by atoms with Crippen LogP contribution in [0.3, 0.4) is 0 Å². The van der Waals surface area contributed by atoms with Gasteiger partial charge in [-0.05, 0) is 42.0 Å². The van der Waals surface area contributed by atoms with Crippen molar-refractivity contribution in [3.8, 4) is 34.5 Å². The molecule has 33 heavy (non-hydrogen) atoms. The van der Waals surface area contributed by atoms with Crippen LogP contribution in [0.15, 0.2) is 53.1 Å². The molecule has 0 fully saturated rings. The fraction of sp³-hybridized carbons (Fsp3) is 0.238. The number of aromatic nitrogens is 5. The Labute approximate surface area is 184 Å². The molecule has 9 nitrogen and oxygen atoms in total. The summed E-state index contributed by atoms with van der Waals surface area (Å²) in [7, 11) is 1.60. The van der Waals surface area contributed by atoms with E-state index in [0.29, 0.717) is 23.5 Å². The van der Waals surface area contributed by atoms with Crippen LogP contribution < -0.4 is 9.47 Å². The second kappa shape index (κ2) is 8.20. The number of rotatable bonds is 5. The highest BCUT2D eigenvalue weighted by molar-refractivity contribution is 5.59. The molecule has 1 aliphatic rings. The zero-order valence-electron chi connectivity index (χ0n) is 17.1. The van der Waals surface area contributed by atoms with Gasteiger partial charge in [-0.2, -0.15) is 4.98 Å². The maximum atomic E-state index is 12.3. The van der Waals surface area contributed by atoms with Crippen molar-refractivity contribution in [2.24, 2.45) is 0 Å². The molecule has 2 aromatic heterocycles. The molecule has 1 aliphatic heterocycles. The Morgan fingerprint density at radius 3 is 2.67 bits per heavy atom. The van der Waals surface area contributed by atoms with Gasteiger partial charge in [0, 0.05) is 5.56 Å². The van der Waals surface area contributed by atoms with E-state index >= 15 is 0 Å². The second-order valence-corrected chi connectivity index (χ2v) is 7.14. The molecule has 5 rings (SSSR count). The van der Waals surface area contributed by atoms with Crippen molar-refractivity contribution in [1.82, 2.24) is 25.1 Å². The van der Waals surface area contributed by atoms with Gasteiger partial charge in [-0.3, -0.25) is 0 Å². The van der Waals surface area contributed by atoms with E-state index in [1.54, 1.807) is 11.8 Å². The maximum Gasteiger partial charge on any atom is 0.573 e. The first-order chi connectivity index (χ1) is 15.9. The van der Waals surface area contributed by atoms with Crippen LogP contribution in [0.25, 0.3) is 23.0 Å². The van der Waals surface area contributed by atoms with E-state index in [0.717, 1.165) is 11.3 Å². The Bertz CT molecular complexity index is 1270. The molecule has 0 radical (unpaired) electrons. The molecule has 1 atom stereocenters. The minimum Gasteiger partial charge on any atom is -0.497 e. The average molecular weight is 459 g/mol. The Balaban J connectivity index is 1.34. The molecule has 0 saturated heterocycles. The first-order valence-electron chi connectivity index (χ1n) is 9.78. The molecule has 12 heteroatoms. The van der Waals surface area contributed by atoms with Crippen molar-refractivity contribution in [2.45, 2.75) is 25.6 Å². The summed E-state index contributed by atoms with van der Waals surface area (Å²) in [6.45, 7) is 0.669. The molecule has 0 unspecified atom stereocenters. The van der Waals surface area contributed by atoms with Gasteiger partial charge < -0.3 is 18.7 Å². The first-order valence-corrected chi connectivity index (χ1v) is 9.78. The number of halogens is 3. The van der Waals surface area contributed by atoms with E-state index in [1.807, 2.05) is 24.3 Å². The van der Waals surface area contributed by atoms with Crippen LogP contribution in [-0.2, 0) is 17.9 Å². The molecular formula is C21H16F3N5O4. The summed E-state index contributed by atoms with van der Waals surface area (Å²) >= 11 is 0. The van der Waals surface area contributed by atoms with Gasteiger partial charge in [0.25, 0.3) is 5.89 Å². The van der Waals surface area contributed by atoms with Crippen molar-refractivity contribution in [3.05, 3.63) is 59.8 Å². The quantitative estimate of drug-likeness (QED) is 0.439. The van der Waals surface area contributed by atoms with Gasteiger partial charge in [0.15, 0.2) is 5.69 Å². The van der Waals surface area contributed by atoms with Crippen LogP contribution in [0, 0.1) is 0 Å². The van der Waals surface area contributed by atoms with E-state index in [-0.39, 0.29) is 30.2 Å². The van der Waals surface area contributed by atoms with Crippen molar-refractivity contribution >= 4 is 0 Å². The van der Waals surface area contributed by atoms with Crippen LogP contribution >= 0.6 is 0 Å². The minimum absolute atomic E-state index is 0.130. The lowest BCUT2D eigenvalue weighted by Gasteiger charge is -2.24. The molecule has 0 spiro atoms. The molecule has 0 N–H and O–H groups in total. The summed E-state index contributed by atoms with van der Waals surface area (Å²) in [6.07, 6.45) is -4.99. The van der Waals surface area contributed by atoms with Crippen LogP contribution in [0.2, 0.25) is 0 Å². The minimum atomic E-state index is -4.76. The molecular weight excluding hydrogens is 443 g/mol. The Hall–Kier alpha value is -3.93. The molecule has 2 aromatic carbocycles. The van der Waals surface area contributed by atoms with Crippen LogP contribution in [0.5, 0.6) is 11.5 Å². The highest BCUT2D eigenvalue weighted by Crippen LogP contribution is 2.32. The number of methoxy groups -OCH3 is 1. The summed E-state index contributed by atoms with van der Waals surface area (Å²) in [4.78, 5) is 4.31. The lowest BCUT2D eigenvalue weighted by Crippen LogP contribution is -2.22. The number of alkyl halides is 3. The van der Waals surface area contributed by atoms with Gasteiger partial charge in [-0.25, -0.2) is 4.68 Å². The van der Waals surface area contributed by atoms with Gasteiger partial charge in [0.2, 0.25) is 5.82 Å². The lowest BCUT2D eigenvalue weighted by atomic mass is 10.1. The van der Waals surface area contributed by atoms with Crippen LogP contribution in [0.1, 0.15) is 17.4 Å². The van der Waals surface area contributed by atoms with Crippen LogP contribution in [0.4, 0.5) is 13.2 Å². The van der Waals surface area contributed by atoms with Gasteiger partial charge in [0.1, 0.15) is 17.6 Å². The van der Waals surface area contributed by atoms with E-state index in [2.05, 4.69) is 25.2 Å². The lowest BCUT2D eigenvalue weighted by molar-refractivity contribution is -0.274. The first kappa shape index (κ1) is 20.9. The molecule has 0 bridgehead atoms. The van der Waals surface area contributed by atoms with E-state index < -0.39 is 6.36 Å². The average Bonchev–Trinajstić information content (AvgIpc) is 3.45. The summed E-state index contributed by atoms with van der Waals surface area (Å²) in [5.74, 6) is 0.712. The predicted molar refractivity (Wildman–Crippen MR) is 106 cm³/mol. The Morgan fingerprint density at radius 1 is 1.09 bits per heavy atom. The monoisotopic (exact) mass is 459 g/mol. The van der Waals surface area contributed by atoms with Gasteiger partial charge >= 0.3 is 6.36 Å². The number of hydrogen-bond acceptors (Lipinski definition) is 8. The largest absolute Gasteiger partial charge is 0.573 e. The number of fused-ring (bicyclic) bond motifs is 1. The van der Waals surface area contributed by atoms with Crippen LogP contribution in [-0.4, -0.2) is 38.6 Å². The van der Waals surface area contributed by atoms with Crippen molar-refractivity contribution < 1.29 is 31.9 Å². The Morgan fingerprint density at radius 2 is 1.91 bits per heavy atom. The SMILES string of the molecule is COc1cccc([C@@H]2Cn3nnc(-c4nc(-c5ccc(OC(F)(F)F)cc5)no4)c3CO2)c1. The third-order valence-electron chi connectivity index (χ3n) is 5.04. The third kappa shape index (κ3) is 4.37. The van der Waals surface area contributed by atoms with Gasteiger partial charge in [-0.1, -0.05) is 22.5 Å². The van der Waals surface area contributed by atoms with Gasteiger partial charge in [0.05, 0.1) is 26.0 Å². The summed E-state index contributed by atoms with van der Waals surface area (Å²) < 4.78 is 59.2. The fourth-order valence-corrected chi connectivity index (χ4v) is 3.46. The zero-order valence-corrected chi connectivity index (χ0v) is 17.1. The highest BCUT2D eigenvalue weighted by Gasteiger charge is 2.31. The zero-order chi connectivity index (χ0) is 23.0. The van der Waals surface area contributed by atoms with E-state index in [1.165, 1.54) is 24.3 Å². The standard InChI is InChI=1S/C21H16F3N5O4/c1-30-15-4-2-3-13(9-15)17-10-29-16(11-31-17)18(26-28-29)20-25-19(27-33-20)12-5-7-14(8-6-12)32-21(22,23)24/h2-9,17H,10-11H2,1H3/t17-/m0/s1. The topological polar surface area (TPSA) is 97.3 Å². The fourth-order valence-electron chi connectivity index (χ4n) is 3.46. The van der Waals surface area contributed by atoms with E-state index in [4.69, 9.17) is 14.0 Å². The smallest absolute Gasteiger partial charge is 0.497 e. The highest BCUT2D eigenvalue weighted by atomic mass is 19.4. The number of hydrogen-bond donors (Lipinski definition) is 0. The predicted octanol–water partition coefficient (Wildman–Crippen LogP) is 4.17. The molecule has 170 valence electrons. The number of nitrogens with zero attached hydrogens (tertiary/aromatic N) is 5. The van der Waals surface area contributed by atoms with Crippen molar-refractivity contribution in [3.63, 3.8) is 0 Å². The van der Waals surface area contributed by atoms with Gasteiger partial charge in [-0.15, -0.1) is 18.3 Å². The number of ether oxygens (including phenoxy) is 3. The maximum absolute atomic E-state index is 12.3. The molecule has 0 amide bonds. The van der Waals surface area contributed by atoms with Crippen molar-refractivity contribution in [1.29, 1.82) is 0 Å². The normalized spacial score (nSPS) is 15.8. The number of benzene rings is 2. The molecule has 0 aliphatic carbocycles. The third-order valence-corrected chi connectivity index (χ3v) is 5.04. The summed E-state index contributed by atoms with van der Waals surface area (Å²) in [5.41, 5.74) is 2.47. The second-order valence-electron chi connectivity index (χ2n) is 7.14. The summed E-state index contributed by atoms with van der Waals surface area (Å²) in [6, 6.07) is 12.7. The van der Waals surface area contributed by atoms with E-state index in [9.17, 15) is 13.2 Å². The molecule has 3 heterocycles. The Kier molecular flexibility index (Phi) is 5.21.